The number of hydrogen-bond acceptors (Lipinski definition) is 11. The van der Waals surface area contributed by atoms with E-state index in [-0.39, 0.29) is 5.41 Å². The molecule has 1 heterocycles. The minimum absolute atomic E-state index is 0.186. The molecular formula is C41H49N5O8. The predicted molar refractivity (Wildman–Crippen MR) is 210 cm³/mol. The Morgan fingerprint density at radius 2 is 1.46 bits per heavy atom. The first-order valence-corrected chi connectivity index (χ1v) is 17.6. The van der Waals surface area contributed by atoms with Crippen molar-refractivity contribution in [3.8, 4) is 28.9 Å². The van der Waals surface area contributed by atoms with Crippen molar-refractivity contribution in [1.29, 1.82) is 0 Å². The molecule has 4 N–H and O–H groups in total. The number of carbonyl (C=O) groups is 1. The molecule has 2 amide bonds. The largest absolute Gasteiger partial charge is 0.497 e. The van der Waals surface area contributed by atoms with Crippen LogP contribution in [0.2, 0.25) is 0 Å². The monoisotopic (exact) mass is 739 g/mol. The zero-order valence-corrected chi connectivity index (χ0v) is 31.7. The molecule has 13 nitrogen and oxygen atoms in total. The maximum Gasteiger partial charge on any atom is 0.323 e. The van der Waals surface area contributed by atoms with Crippen LogP contribution >= 0.6 is 0 Å². The molecule has 5 rings (SSSR count). The number of urea groups is 1. The van der Waals surface area contributed by atoms with E-state index < -0.39 is 6.03 Å². The van der Waals surface area contributed by atoms with Gasteiger partial charge in [0.15, 0.2) is 5.75 Å². The number of methoxy groups -OCH3 is 3. The molecule has 5 aromatic rings. The number of rotatable bonds is 18. The summed E-state index contributed by atoms with van der Waals surface area (Å²) in [7, 11) is 4.77. The van der Waals surface area contributed by atoms with Crippen molar-refractivity contribution in [2.75, 3.05) is 77.3 Å². The van der Waals surface area contributed by atoms with Gasteiger partial charge >= 0.3 is 6.03 Å². The predicted octanol–water partition coefficient (Wildman–Crippen LogP) is 7.61. The van der Waals surface area contributed by atoms with Gasteiger partial charge in [0.1, 0.15) is 29.7 Å². The smallest absolute Gasteiger partial charge is 0.323 e. The molecule has 0 radical (unpaired) electrons. The van der Waals surface area contributed by atoms with E-state index in [2.05, 4.69) is 41.4 Å². The van der Waals surface area contributed by atoms with Gasteiger partial charge in [0.05, 0.1) is 64.3 Å². The fourth-order valence-electron chi connectivity index (χ4n) is 5.58. The van der Waals surface area contributed by atoms with Crippen molar-refractivity contribution in [2.45, 2.75) is 32.6 Å². The zero-order valence-electron chi connectivity index (χ0n) is 31.7. The van der Waals surface area contributed by atoms with E-state index in [0.29, 0.717) is 97.8 Å². The van der Waals surface area contributed by atoms with Gasteiger partial charge in [-0.05, 0) is 52.9 Å². The third-order valence-electron chi connectivity index (χ3n) is 8.30. The van der Waals surface area contributed by atoms with Gasteiger partial charge in [-0.3, -0.25) is 0 Å². The second-order valence-corrected chi connectivity index (χ2v) is 13.3. The topological polar surface area (TPSA) is 158 Å². The number of nitrogens with two attached hydrogens (primary N) is 1. The number of fused-ring (bicyclic) bond motifs is 1. The lowest BCUT2D eigenvalue weighted by Crippen LogP contribution is -2.21. The molecular weight excluding hydrogens is 690 g/mol. The second-order valence-electron chi connectivity index (χ2n) is 13.3. The van der Waals surface area contributed by atoms with Gasteiger partial charge in [-0.15, -0.1) is 0 Å². The van der Waals surface area contributed by atoms with E-state index in [4.69, 9.17) is 38.9 Å². The van der Waals surface area contributed by atoms with Crippen LogP contribution in [-0.4, -0.2) is 77.0 Å². The molecule has 0 aliphatic carbocycles. The van der Waals surface area contributed by atoms with Gasteiger partial charge in [0.25, 0.3) is 0 Å². The second kappa shape index (κ2) is 18.9. The summed E-state index contributed by atoms with van der Waals surface area (Å²) in [5, 5.41) is 7.44. The van der Waals surface area contributed by atoms with Crippen LogP contribution in [0.5, 0.6) is 28.9 Å². The lowest BCUT2D eigenvalue weighted by molar-refractivity contribution is 0.0179. The van der Waals surface area contributed by atoms with E-state index >= 15 is 0 Å². The molecule has 0 saturated heterocycles. The van der Waals surface area contributed by atoms with E-state index in [0.717, 1.165) is 21.9 Å². The summed E-state index contributed by atoms with van der Waals surface area (Å²) >= 11 is 0. The number of anilines is 3. The molecule has 0 bridgehead atoms. The summed E-state index contributed by atoms with van der Waals surface area (Å²) < 4.78 is 39.2. The molecule has 13 heteroatoms. The van der Waals surface area contributed by atoms with Crippen LogP contribution in [0.4, 0.5) is 21.9 Å². The van der Waals surface area contributed by atoms with Crippen LogP contribution in [0, 0.1) is 0 Å². The highest BCUT2D eigenvalue weighted by molar-refractivity contribution is 6.08. The summed E-state index contributed by atoms with van der Waals surface area (Å²) in [5.41, 5.74) is 9.46. The van der Waals surface area contributed by atoms with Crippen LogP contribution in [0.15, 0.2) is 79.0 Å². The SMILES string of the molecule is COCCOCCOCCOc1cc(Cc2nccc(Oc3ccc(NC(=O)Nc4cc(C(C)(C)C)cc(N)c4OC)c4ccccc34)n2)cc(OC)c1. The number of benzene rings is 4. The Balaban J connectivity index is 1.25. The summed E-state index contributed by atoms with van der Waals surface area (Å²) in [6.07, 6.45) is 2.07. The molecule has 0 aliphatic heterocycles. The highest BCUT2D eigenvalue weighted by Gasteiger charge is 2.20. The summed E-state index contributed by atoms with van der Waals surface area (Å²) in [5.74, 6) is 3.18. The van der Waals surface area contributed by atoms with E-state index in [1.165, 1.54) is 7.11 Å². The first-order chi connectivity index (χ1) is 26.1. The Kier molecular flexibility index (Phi) is 13.9. The normalized spacial score (nSPS) is 11.3. The van der Waals surface area contributed by atoms with Crippen molar-refractivity contribution < 1.29 is 38.0 Å². The van der Waals surface area contributed by atoms with Gasteiger partial charge in [-0.2, -0.15) is 4.98 Å². The quantitative estimate of drug-likeness (QED) is 0.0600. The summed E-state index contributed by atoms with van der Waals surface area (Å²) in [4.78, 5) is 22.5. The number of hydrogen-bond donors (Lipinski definition) is 3. The van der Waals surface area contributed by atoms with Crippen molar-refractivity contribution in [2.24, 2.45) is 0 Å². The third kappa shape index (κ3) is 10.9. The Hall–Kier alpha value is -5.63. The van der Waals surface area contributed by atoms with Gasteiger partial charge < -0.3 is 49.5 Å². The van der Waals surface area contributed by atoms with Crippen molar-refractivity contribution in [3.05, 3.63) is 95.9 Å². The molecule has 54 heavy (non-hydrogen) atoms. The maximum absolute atomic E-state index is 13.3. The van der Waals surface area contributed by atoms with Crippen molar-refractivity contribution >= 4 is 33.9 Å². The van der Waals surface area contributed by atoms with Crippen LogP contribution in [0.25, 0.3) is 10.8 Å². The first kappa shape index (κ1) is 39.6. The van der Waals surface area contributed by atoms with Gasteiger partial charge in [0.2, 0.25) is 5.88 Å². The standard InChI is InChI=1S/C41H49N5O8/c1-41(2,3)28-24-33(42)39(50-6)35(25-28)45-40(47)44-34-11-12-36(32-10-8-7-9-31(32)34)54-38-13-14-43-37(46-38)23-27-21-29(49-5)26-30(22-27)53-20-19-52-18-17-51-16-15-48-4/h7-14,21-22,24-26H,15-20,23,42H2,1-6H3,(H2,44,45,47). The molecule has 0 saturated carbocycles. The Labute approximate surface area is 316 Å². The lowest BCUT2D eigenvalue weighted by Gasteiger charge is -2.22. The van der Waals surface area contributed by atoms with Crippen LogP contribution in [0.1, 0.15) is 37.7 Å². The Bertz CT molecular complexity index is 2020. The molecule has 286 valence electrons. The number of nitrogens with zero attached hydrogens (tertiary/aromatic N) is 2. The number of nitrogen functional groups attached to an aromatic ring is 1. The fourth-order valence-corrected chi connectivity index (χ4v) is 5.58. The number of amides is 2. The summed E-state index contributed by atoms with van der Waals surface area (Å²) in [6.45, 7) is 9.07. The molecule has 1 aromatic heterocycles. The molecule has 0 fully saturated rings. The molecule has 4 aromatic carbocycles. The Morgan fingerprint density at radius 1 is 0.759 bits per heavy atom. The minimum Gasteiger partial charge on any atom is -0.497 e. The van der Waals surface area contributed by atoms with Crippen LogP contribution in [-0.2, 0) is 26.0 Å². The van der Waals surface area contributed by atoms with Crippen molar-refractivity contribution in [1.82, 2.24) is 9.97 Å². The molecule has 0 atom stereocenters. The van der Waals surface area contributed by atoms with Gasteiger partial charge in [-0.1, -0.05) is 45.0 Å². The third-order valence-corrected chi connectivity index (χ3v) is 8.30. The molecule has 0 unspecified atom stereocenters. The van der Waals surface area contributed by atoms with E-state index in [1.807, 2.05) is 54.6 Å². The molecule has 0 spiro atoms. The van der Waals surface area contributed by atoms with Gasteiger partial charge in [0, 0.05) is 42.6 Å². The van der Waals surface area contributed by atoms with E-state index in [9.17, 15) is 4.79 Å². The Morgan fingerprint density at radius 3 is 2.19 bits per heavy atom. The summed E-state index contributed by atoms with van der Waals surface area (Å²) in [6, 6.07) is 21.9. The lowest BCUT2D eigenvalue weighted by atomic mass is 9.86. The highest BCUT2D eigenvalue weighted by atomic mass is 16.6. The van der Waals surface area contributed by atoms with E-state index in [1.54, 1.807) is 38.6 Å². The number of carbonyl (C=O) groups excluding carboxylic acids is 1. The number of nitrogens with one attached hydrogen (secondary N) is 2. The minimum atomic E-state index is -0.447. The van der Waals surface area contributed by atoms with Crippen molar-refractivity contribution in [3.63, 3.8) is 0 Å². The first-order valence-electron chi connectivity index (χ1n) is 17.6. The van der Waals surface area contributed by atoms with Crippen LogP contribution in [0.3, 0.4) is 0 Å². The zero-order chi connectivity index (χ0) is 38.5. The highest BCUT2D eigenvalue weighted by Crippen LogP contribution is 2.38. The average Bonchev–Trinajstić information content (AvgIpc) is 3.14. The van der Waals surface area contributed by atoms with Crippen LogP contribution < -0.4 is 35.3 Å². The average molecular weight is 740 g/mol. The number of ether oxygens (including phenoxy) is 7. The maximum atomic E-state index is 13.3. The fraction of sp³-hybridized carbons (Fsp3) is 0.341. The van der Waals surface area contributed by atoms with Gasteiger partial charge in [-0.25, -0.2) is 9.78 Å². The number of aromatic nitrogens is 2. The molecule has 0 aliphatic rings.